The van der Waals surface area contributed by atoms with E-state index in [4.69, 9.17) is 0 Å². The molecule has 1 aliphatic carbocycles. The third-order valence-corrected chi connectivity index (χ3v) is 5.04. The van der Waals surface area contributed by atoms with Gasteiger partial charge < -0.3 is 0 Å². The molecule has 0 amide bonds. The Kier molecular flexibility index (Phi) is 3.59. The van der Waals surface area contributed by atoms with Gasteiger partial charge in [-0.15, -0.1) is 0 Å². The summed E-state index contributed by atoms with van der Waals surface area (Å²) in [5.74, 6) is 0.413. The van der Waals surface area contributed by atoms with Crippen LogP contribution in [0.5, 0.6) is 0 Å². The zero-order valence-corrected chi connectivity index (χ0v) is 11.9. The Morgan fingerprint density at radius 2 is 1.45 bits per heavy atom. The molecular formula is C16H17NO2S. The second-order valence-corrected chi connectivity index (χ2v) is 6.87. The lowest BCUT2D eigenvalue weighted by atomic mass is 10.0. The predicted octanol–water partition coefficient (Wildman–Crippen LogP) is 3.12. The number of nitrogens with one attached hydrogen (secondary N) is 1. The van der Waals surface area contributed by atoms with Crippen LogP contribution in [-0.4, -0.2) is 8.42 Å². The minimum atomic E-state index is -3.46. The second kappa shape index (κ2) is 5.38. The van der Waals surface area contributed by atoms with Crippen LogP contribution >= 0.6 is 0 Å². The monoisotopic (exact) mass is 287 g/mol. The largest absolute Gasteiger partial charge is 0.241 e. The summed E-state index contributed by atoms with van der Waals surface area (Å²) in [5.41, 5.74) is 1.04. The van der Waals surface area contributed by atoms with E-state index in [0.717, 1.165) is 18.4 Å². The van der Waals surface area contributed by atoms with Gasteiger partial charge in [-0.05, 0) is 36.5 Å². The Balaban J connectivity index is 1.88. The average molecular weight is 287 g/mol. The molecule has 0 radical (unpaired) electrons. The maximum atomic E-state index is 12.4. The fraction of sp³-hybridized carbons (Fsp3) is 0.250. The number of benzene rings is 2. The van der Waals surface area contributed by atoms with Crippen LogP contribution in [0.15, 0.2) is 65.6 Å². The maximum Gasteiger partial charge on any atom is 0.241 e. The van der Waals surface area contributed by atoms with Crippen molar-refractivity contribution < 1.29 is 8.42 Å². The van der Waals surface area contributed by atoms with E-state index in [0.29, 0.717) is 10.8 Å². The molecule has 1 atom stereocenters. The molecule has 4 heteroatoms. The third kappa shape index (κ3) is 2.92. The lowest BCUT2D eigenvalue weighted by molar-refractivity contribution is 0.529. The summed E-state index contributed by atoms with van der Waals surface area (Å²) < 4.78 is 27.7. The first-order valence-corrected chi connectivity index (χ1v) is 8.27. The summed E-state index contributed by atoms with van der Waals surface area (Å²) in [4.78, 5) is 0.321. The van der Waals surface area contributed by atoms with Crippen molar-refractivity contribution in [2.45, 2.75) is 23.8 Å². The van der Waals surface area contributed by atoms with E-state index < -0.39 is 10.0 Å². The number of sulfonamides is 1. The molecule has 2 aromatic rings. The molecule has 1 fully saturated rings. The molecular weight excluding hydrogens is 270 g/mol. The van der Waals surface area contributed by atoms with E-state index in [-0.39, 0.29) is 6.04 Å². The second-order valence-electron chi connectivity index (χ2n) is 5.16. The van der Waals surface area contributed by atoms with Crippen molar-refractivity contribution in [1.82, 2.24) is 4.72 Å². The van der Waals surface area contributed by atoms with Gasteiger partial charge in [-0.3, -0.25) is 0 Å². The molecule has 0 bridgehead atoms. The van der Waals surface area contributed by atoms with E-state index in [9.17, 15) is 8.42 Å². The third-order valence-electron chi connectivity index (χ3n) is 3.59. The van der Waals surface area contributed by atoms with Crippen LogP contribution in [0.3, 0.4) is 0 Å². The zero-order valence-electron chi connectivity index (χ0n) is 11.1. The predicted molar refractivity (Wildman–Crippen MR) is 78.7 cm³/mol. The van der Waals surface area contributed by atoms with E-state index in [1.807, 2.05) is 36.4 Å². The smallest absolute Gasteiger partial charge is 0.207 e. The summed E-state index contributed by atoms with van der Waals surface area (Å²) in [6.07, 6.45) is 2.16. The van der Waals surface area contributed by atoms with E-state index in [2.05, 4.69) is 4.72 Å². The van der Waals surface area contributed by atoms with E-state index in [1.54, 1.807) is 24.3 Å². The molecule has 0 saturated heterocycles. The van der Waals surface area contributed by atoms with Gasteiger partial charge in [0.2, 0.25) is 10.0 Å². The Bertz CT molecular complexity index is 664. The van der Waals surface area contributed by atoms with Gasteiger partial charge in [0.05, 0.1) is 4.90 Å². The number of rotatable bonds is 5. The van der Waals surface area contributed by atoms with Gasteiger partial charge in [-0.2, -0.15) is 0 Å². The molecule has 1 aliphatic rings. The van der Waals surface area contributed by atoms with Crippen LogP contribution in [-0.2, 0) is 10.0 Å². The first-order chi connectivity index (χ1) is 9.67. The first-order valence-electron chi connectivity index (χ1n) is 6.79. The van der Waals surface area contributed by atoms with Crippen molar-refractivity contribution in [1.29, 1.82) is 0 Å². The van der Waals surface area contributed by atoms with Crippen molar-refractivity contribution in [2.75, 3.05) is 0 Å². The van der Waals surface area contributed by atoms with E-state index in [1.165, 1.54) is 0 Å². The number of hydrogen-bond donors (Lipinski definition) is 1. The summed E-state index contributed by atoms with van der Waals surface area (Å²) in [7, 11) is -3.46. The van der Waals surface area contributed by atoms with Crippen LogP contribution in [0, 0.1) is 5.92 Å². The normalized spacial score (nSPS) is 16.8. The highest BCUT2D eigenvalue weighted by Crippen LogP contribution is 2.41. The van der Waals surface area contributed by atoms with Gasteiger partial charge in [0.25, 0.3) is 0 Å². The molecule has 1 unspecified atom stereocenters. The lowest BCUT2D eigenvalue weighted by Crippen LogP contribution is -2.30. The molecule has 3 nitrogen and oxygen atoms in total. The minimum absolute atomic E-state index is 0.124. The number of hydrogen-bond acceptors (Lipinski definition) is 2. The van der Waals surface area contributed by atoms with Crippen molar-refractivity contribution in [3.8, 4) is 0 Å². The van der Waals surface area contributed by atoms with Gasteiger partial charge in [-0.25, -0.2) is 13.1 Å². The first kappa shape index (κ1) is 13.3. The zero-order chi connectivity index (χ0) is 14.0. The van der Waals surface area contributed by atoms with Gasteiger partial charge in [0, 0.05) is 6.04 Å². The Hall–Kier alpha value is -1.65. The highest BCUT2D eigenvalue weighted by Gasteiger charge is 2.35. The van der Waals surface area contributed by atoms with Crippen LogP contribution < -0.4 is 4.72 Å². The fourth-order valence-corrected chi connectivity index (χ4v) is 3.68. The molecule has 0 heterocycles. The summed E-state index contributed by atoms with van der Waals surface area (Å²) in [6.45, 7) is 0. The van der Waals surface area contributed by atoms with Crippen LogP contribution in [0.25, 0.3) is 0 Å². The molecule has 0 aliphatic heterocycles. The van der Waals surface area contributed by atoms with Crippen molar-refractivity contribution in [3.63, 3.8) is 0 Å². The Labute approximate surface area is 119 Å². The lowest BCUT2D eigenvalue weighted by Gasteiger charge is -2.18. The molecule has 1 saturated carbocycles. The van der Waals surface area contributed by atoms with Gasteiger partial charge in [-0.1, -0.05) is 48.5 Å². The molecule has 3 rings (SSSR count). The Morgan fingerprint density at radius 1 is 0.900 bits per heavy atom. The molecule has 1 N–H and O–H groups in total. The van der Waals surface area contributed by atoms with Crippen molar-refractivity contribution in [2.24, 2.45) is 5.92 Å². The molecule has 0 aromatic heterocycles. The summed E-state index contributed by atoms with van der Waals surface area (Å²) in [5, 5.41) is 0. The van der Waals surface area contributed by atoms with E-state index >= 15 is 0 Å². The Morgan fingerprint density at radius 3 is 2.00 bits per heavy atom. The minimum Gasteiger partial charge on any atom is -0.207 e. The van der Waals surface area contributed by atoms with Gasteiger partial charge >= 0.3 is 0 Å². The highest BCUT2D eigenvalue weighted by atomic mass is 32.2. The van der Waals surface area contributed by atoms with Gasteiger partial charge in [0.15, 0.2) is 0 Å². The van der Waals surface area contributed by atoms with Crippen LogP contribution in [0.4, 0.5) is 0 Å². The quantitative estimate of drug-likeness (QED) is 0.918. The highest BCUT2D eigenvalue weighted by molar-refractivity contribution is 7.89. The fourth-order valence-electron chi connectivity index (χ4n) is 2.36. The summed E-state index contributed by atoms with van der Waals surface area (Å²) in [6, 6.07) is 18.2. The standard InChI is InChI=1S/C16H17NO2S/c18-20(19,15-9-5-2-6-10-15)17-16(14-11-12-14)13-7-3-1-4-8-13/h1-10,14,16-17H,11-12H2. The molecule has 20 heavy (non-hydrogen) atoms. The molecule has 2 aromatic carbocycles. The molecule has 0 spiro atoms. The van der Waals surface area contributed by atoms with Crippen molar-refractivity contribution >= 4 is 10.0 Å². The van der Waals surface area contributed by atoms with Crippen LogP contribution in [0.2, 0.25) is 0 Å². The van der Waals surface area contributed by atoms with Gasteiger partial charge in [0.1, 0.15) is 0 Å². The SMILES string of the molecule is O=S(=O)(NC(c1ccccc1)C1CC1)c1ccccc1. The topological polar surface area (TPSA) is 46.2 Å². The maximum absolute atomic E-state index is 12.4. The van der Waals surface area contributed by atoms with Crippen molar-refractivity contribution in [3.05, 3.63) is 66.2 Å². The summed E-state index contributed by atoms with van der Waals surface area (Å²) >= 11 is 0. The average Bonchev–Trinajstić information content (AvgIpc) is 3.31. The van der Waals surface area contributed by atoms with Crippen LogP contribution in [0.1, 0.15) is 24.4 Å². The molecule has 104 valence electrons.